The standard InChI is InChI=1S/C11H10N2O2/c1-6-7(2)11(15)8(5-14)10-9(6)12-3-4-13-10/h3-5,15H,1-2H3. The van der Waals surface area contributed by atoms with Crippen LogP contribution < -0.4 is 0 Å². The number of aromatic nitrogens is 2. The number of phenols is 1. The van der Waals surface area contributed by atoms with Gasteiger partial charge in [-0.05, 0) is 25.0 Å². The summed E-state index contributed by atoms with van der Waals surface area (Å²) >= 11 is 0. The summed E-state index contributed by atoms with van der Waals surface area (Å²) in [6, 6.07) is 0. The SMILES string of the molecule is Cc1c(O)c(C=O)c2nccnc2c1C. The molecule has 0 aliphatic carbocycles. The zero-order valence-corrected chi connectivity index (χ0v) is 8.48. The van der Waals surface area contributed by atoms with Gasteiger partial charge in [0.15, 0.2) is 6.29 Å². The first kappa shape index (κ1) is 9.58. The molecule has 76 valence electrons. The van der Waals surface area contributed by atoms with Crippen LogP contribution >= 0.6 is 0 Å². The van der Waals surface area contributed by atoms with Gasteiger partial charge in [0.1, 0.15) is 11.3 Å². The van der Waals surface area contributed by atoms with Crippen LogP contribution in [0.3, 0.4) is 0 Å². The van der Waals surface area contributed by atoms with Crippen molar-refractivity contribution in [1.29, 1.82) is 0 Å². The molecule has 0 radical (unpaired) electrons. The molecule has 0 saturated carbocycles. The molecule has 4 heteroatoms. The number of rotatable bonds is 1. The van der Waals surface area contributed by atoms with Crippen LogP contribution in [0.25, 0.3) is 11.0 Å². The third-order valence-electron chi connectivity index (χ3n) is 2.60. The largest absolute Gasteiger partial charge is 0.507 e. The molecule has 0 amide bonds. The van der Waals surface area contributed by atoms with E-state index in [4.69, 9.17) is 0 Å². The Labute approximate surface area is 86.6 Å². The van der Waals surface area contributed by atoms with E-state index in [0.29, 0.717) is 22.9 Å². The lowest BCUT2D eigenvalue weighted by Gasteiger charge is -2.09. The van der Waals surface area contributed by atoms with E-state index < -0.39 is 0 Å². The first-order valence-electron chi connectivity index (χ1n) is 4.54. The molecule has 4 nitrogen and oxygen atoms in total. The van der Waals surface area contributed by atoms with Crippen LogP contribution in [0.5, 0.6) is 5.75 Å². The molecule has 0 aliphatic rings. The van der Waals surface area contributed by atoms with Crippen LogP contribution in [0.1, 0.15) is 21.5 Å². The minimum atomic E-state index is -0.00417. The number of phenolic OH excluding ortho intramolecular Hbond substituents is 1. The average Bonchev–Trinajstić information content (AvgIpc) is 2.27. The number of carbonyl (C=O) groups excluding carboxylic acids is 1. The topological polar surface area (TPSA) is 63.1 Å². The molecule has 0 unspecified atom stereocenters. The maximum Gasteiger partial charge on any atom is 0.156 e. The summed E-state index contributed by atoms with van der Waals surface area (Å²) in [5, 5.41) is 9.78. The summed E-state index contributed by atoms with van der Waals surface area (Å²) in [6.45, 7) is 3.60. The molecular weight excluding hydrogens is 192 g/mol. The van der Waals surface area contributed by atoms with E-state index >= 15 is 0 Å². The lowest BCUT2D eigenvalue weighted by Crippen LogP contribution is -1.96. The molecule has 0 spiro atoms. The van der Waals surface area contributed by atoms with Gasteiger partial charge in [-0.1, -0.05) is 0 Å². The normalized spacial score (nSPS) is 10.5. The van der Waals surface area contributed by atoms with Crippen LogP contribution in [0.15, 0.2) is 12.4 Å². The fraction of sp³-hybridized carbons (Fsp3) is 0.182. The van der Waals surface area contributed by atoms with Crippen LogP contribution in [0, 0.1) is 13.8 Å². The Bertz CT molecular complexity index is 550. The third-order valence-corrected chi connectivity index (χ3v) is 2.60. The smallest absolute Gasteiger partial charge is 0.156 e. The highest BCUT2D eigenvalue weighted by Crippen LogP contribution is 2.30. The maximum absolute atomic E-state index is 10.9. The van der Waals surface area contributed by atoms with E-state index in [1.54, 1.807) is 13.1 Å². The minimum absolute atomic E-state index is 0.00417. The van der Waals surface area contributed by atoms with Crippen LogP contribution in [-0.2, 0) is 0 Å². The van der Waals surface area contributed by atoms with Gasteiger partial charge in [-0.3, -0.25) is 14.8 Å². The van der Waals surface area contributed by atoms with E-state index in [0.717, 1.165) is 5.56 Å². The first-order chi connectivity index (χ1) is 7.16. The van der Waals surface area contributed by atoms with Crippen molar-refractivity contribution in [3.05, 3.63) is 29.1 Å². The number of nitrogens with zero attached hydrogens (tertiary/aromatic N) is 2. The molecule has 1 aromatic heterocycles. The van der Waals surface area contributed by atoms with Crippen molar-refractivity contribution in [2.45, 2.75) is 13.8 Å². The maximum atomic E-state index is 10.9. The summed E-state index contributed by atoms with van der Waals surface area (Å²) in [5.41, 5.74) is 2.84. The highest BCUT2D eigenvalue weighted by molar-refractivity contribution is 5.99. The van der Waals surface area contributed by atoms with Gasteiger partial charge in [0, 0.05) is 12.4 Å². The molecule has 15 heavy (non-hydrogen) atoms. The Morgan fingerprint density at radius 3 is 2.33 bits per heavy atom. The highest BCUT2D eigenvalue weighted by atomic mass is 16.3. The van der Waals surface area contributed by atoms with Crippen LogP contribution in [0.4, 0.5) is 0 Å². The van der Waals surface area contributed by atoms with E-state index in [9.17, 15) is 9.90 Å². The molecule has 0 atom stereocenters. The zero-order valence-electron chi connectivity index (χ0n) is 8.48. The number of aromatic hydroxyl groups is 1. The Kier molecular flexibility index (Phi) is 2.11. The van der Waals surface area contributed by atoms with Gasteiger partial charge in [-0.25, -0.2) is 0 Å². The molecule has 2 rings (SSSR count). The Hall–Kier alpha value is -1.97. The minimum Gasteiger partial charge on any atom is -0.507 e. The Balaban J connectivity index is 3.04. The number of aldehydes is 1. The Morgan fingerprint density at radius 1 is 1.13 bits per heavy atom. The zero-order chi connectivity index (χ0) is 11.0. The van der Waals surface area contributed by atoms with Crippen LogP contribution in [-0.4, -0.2) is 21.4 Å². The summed E-state index contributed by atoms with van der Waals surface area (Å²) in [6.07, 6.45) is 3.68. The summed E-state index contributed by atoms with van der Waals surface area (Å²) in [7, 11) is 0. The van der Waals surface area contributed by atoms with Gasteiger partial charge in [0.2, 0.25) is 0 Å². The van der Waals surface area contributed by atoms with Crippen molar-refractivity contribution in [2.75, 3.05) is 0 Å². The van der Waals surface area contributed by atoms with Crippen molar-refractivity contribution in [2.24, 2.45) is 0 Å². The monoisotopic (exact) mass is 202 g/mol. The van der Waals surface area contributed by atoms with Gasteiger partial charge < -0.3 is 5.11 Å². The summed E-state index contributed by atoms with van der Waals surface area (Å²) in [5.74, 6) is -0.00417. The quantitative estimate of drug-likeness (QED) is 0.716. The predicted molar refractivity (Wildman–Crippen MR) is 56.1 cm³/mol. The van der Waals surface area contributed by atoms with Crippen LogP contribution in [0.2, 0.25) is 0 Å². The molecule has 0 bridgehead atoms. The molecule has 1 aromatic carbocycles. The van der Waals surface area contributed by atoms with E-state index in [2.05, 4.69) is 9.97 Å². The fourth-order valence-electron chi connectivity index (χ4n) is 1.59. The van der Waals surface area contributed by atoms with E-state index in [1.807, 2.05) is 6.92 Å². The van der Waals surface area contributed by atoms with E-state index in [-0.39, 0.29) is 11.3 Å². The molecular formula is C11H10N2O2. The second-order valence-electron chi connectivity index (χ2n) is 3.38. The van der Waals surface area contributed by atoms with Gasteiger partial charge in [-0.15, -0.1) is 0 Å². The summed E-state index contributed by atoms with van der Waals surface area (Å²) in [4.78, 5) is 19.1. The fourth-order valence-corrected chi connectivity index (χ4v) is 1.59. The third kappa shape index (κ3) is 1.26. The van der Waals surface area contributed by atoms with Gasteiger partial charge >= 0.3 is 0 Å². The lowest BCUT2D eigenvalue weighted by molar-refractivity contribution is 0.112. The molecule has 0 saturated heterocycles. The summed E-state index contributed by atoms with van der Waals surface area (Å²) < 4.78 is 0. The highest BCUT2D eigenvalue weighted by Gasteiger charge is 2.14. The number of hydrogen-bond acceptors (Lipinski definition) is 4. The molecule has 1 heterocycles. The van der Waals surface area contributed by atoms with Crippen molar-refractivity contribution >= 4 is 17.3 Å². The molecule has 0 fully saturated rings. The van der Waals surface area contributed by atoms with Gasteiger partial charge in [-0.2, -0.15) is 0 Å². The van der Waals surface area contributed by atoms with Crippen molar-refractivity contribution in [1.82, 2.24) is 9.97 Å². The average molecular weight is 202 g/mol. The van der Waals surface area contributed by atoms with E-state index in [1.165, 1.54) is 6.20 Å². The molecule has 1 N–H and O–H groups in total. The number of hydrogen-bond donors (Lipinski definition) is 1. The molecule has 2 aromatic rings. The van der Waals surface area contributed by atoms with Gasteiger partial charge in [0.25, 0.3) is 0 Å². The van der Waals surface area contributed by atoms with Gasteiger partial charge in [0.05, 0.1) is 11.1 Å². The Morgan fingerprint density at radius 2 is 1.73 bits per heavy atom. The first-order valence-corrected chi connectivity index (χ1v) is 4.54. The van der Waals surface area contributed by atoms with Crippen molar-refractivity contribution < 1.29 is 9.90 Å². The number of carbonyl (C=O) groups is 1. The second kappa shape index (κ2) is 3.31. The lowest BCUT2D eigenvalue weighted by atomic mass is 10.0. The molecule has 0 aliphatic heterocycles. The number of aryl methyl sites for hydroxylation is 1. The number of fused-ring (bicyclic) bond motifs is 1. The predicted octanol–water partition coefficient (Wildman–Crippen LogP) is 1.76. The van der Waals surface area contributed by atoms with Crippen molar-refractivity contribution in [3.8, 4) is 5.75 Å². The second-order valence-corrected chi connectivity index (χ2v) is 3.38. The number of benzene rings is 1. The van der Waals surface area contributed by atoms with Crippen molar-refractivity contribution in [3.63, 3.8) is 0 Å².